The van der Waals surface area contributed by atoms with E-state index in [1.165, 1.54) is 0 Å². The number of piperidine rings is 1. The lowest BCUT2D eigenvalue weighted by molar-refractivity contribution is 0.101. The van der Waals surface area contributed by atoms with Crippen molar-refractivity contribution in [1.82, 2.24) is 9.38 Å². The molecule has 1 amide bonds. The second-order valence-electron chi connectivity index (χ2n) is 9.30. The lowest BCUT2D eigenvalue weighted by atomic mass is 9.82. The molecular formula is C28H32BN3O4S. The Morgan fingerprint density at radius 1 is 1.11 bits per heavy atom. The fourth-order valence-electron chi connectivity index (χ4n) is 4.80. The van der Waals surface area contributed by atoms with Gasteiger partial charge in [-0.15, -0.1) is 11.3 Å². The Bertz CT molecular complexity index is 1340. The summed E-state index contributed by atoms with van der Waals surface area (Å²) in [6.07, 6.45) is 1.95. The van der Waals surface area contributed by atoms with Crippen LogP contribution in [-0.4, -0.2) is 46.6 Å². The third-order valence-electron chi connectivity index (χ3n) is 6.86. The molecule has 0 unspecified atom stereocenters. The first-order valence-corrected chi connectivity index (χ1v) is 13.7. The number of aromatic nitrogens is 1. The fraction of sp³-hybridized carbons (Fsp3) is 0.321. The fourth-order valence-corrected chi connectivity index (χ4v) is 5.62. The topological polar surface area (TPSA) is 76.0 Å². The standard InChI is InChI=1S/C28H32BN3O4S/c1-3-32-25-14-17-37-27(25)18-26(32)28(33)30-24-7-5-4-6-20(24)19-35-21-8-10-22(11-9-21)36-23-12-15-31(16-13-23)29(2)34/h4-11,14,17-18,23,34H,3,12-13,15-16,19H2,1-2H3,(H,30,33). The maximum absolute atomic E-state index is 13.1. The van der Waals surface area contributed by atoms with E-state index >= 15 is 0 Å². The third-order valence-corrected chi connectivity index (χ3v) is 7.72. The van der Waals surface area contributed by atoms with Crippen molar-refractivity contribution in [3.63, 3.8) is 0 Å². The van der Waals surface area contributed by atoms with Crippen LogP contribution in [0.15, 0.2) is 66.0 Å². The highest BCUT2D eigenvalue weighted by Gasteiger charge is 2.25. The number of nitrogens with zero attached hydrogens (tertiary/aromatic N) is 2. The van der Waals surface area contributed by atoms with E-state index in [4.69, 9.17) is 9.47 Å². The first-order chi connectivity index (χ1) is 18.0. The number of thiophene rings is 1. The molecule has 1 aliphatic heterocycles. The van der Waals surface area contributed by atoms with Crippen molar-refractivity contribution in [3.05, 3.63) is 77.3 Å². The molecule has 1 aliphatic rings. The van der Waals surface area contributed by atoms with Crippen molar-refractivity contribution in [3.8, 4) is 11.5 Å². The number of amides is 1. The number of ether oxygens (including phenoxy) is 2. The summed E-state index contributed by atoms with van der Waals surface area (Å²) in [5.74, 6) is 1.42. The van der Waals surface area contributed by atoms with Crippen LogP contribution in [-0.2, 0) is 13.2 Å². The first kappa shape index (κ1) is 25.4. The summed E-state index contributed by atoms with van der Waals surface area (Å²) in [6, 6.07) is 19.4. The van der Waals surface area contributed by atoms with Crippen molar-refractivity contribution in [2.45, 2.75) is 45.8 Å². The predicted octanol–water partition coefficient (Wildman–Crippen LogP) is 5.51. The molecule has 1 fully saturated rings. The number of carbonyl (C=O) groups is 1. The molecule has 3 heterocycles. The van der Waals surface area contributed by atoms with Crippen LogP contribution < -0.4 is 14.8 Å². The molecule has 2 N–H and O–H groups in total. The van der Waals surface area contributed by atoms with Crippen LogP contribution in [0.3, 0.4) is 0 Å². The molecular weight excluding hydrogens is 485 g/mol. The van der Waals surface area contributed by atoms with Crippen molar-refractivity contribution < 1.29 is 19.3 Å². The summed E-state index contributed by atoms with van der Waals surface area (Å²) in [5.41, 5.74) is 3.39. The summed E-state index contributed by atoms with van der Waals surface area (Å²) in [5, 5.41) is 14.8. The maximum Gasteiger partial charge on any atom is 0.376 e. The highest BCUT2D eigenvalue weighted by Crippen LogP contribution is 2.27. The Morgan fingerprint density at radius 3 is 2.57 bits per heavy atom. The third kappa shape index (κ3) is 5.85. The van der Waals surface area contributed by atoms with Gasteiger partial charge in [-0.3, -0.25) is 4.79 Å². The maximum atomic E-state index is 13.1. The molecule has 5 rings (SSSR count). The van der Waals surface area contributed by atoms with E-state index in [9.17, 15) is 9.82 Å². The second-order valence-corrected chi connectivity index (χ2v) is 10.2. The average molecular weight is 517 g/mol. The number of carbonyl (C=O) groups excluding carboxylic acids is 1. The quantitative estimate of drug-likeness (QED) is 0.287. The molecule has 0 atom stereocenters. The van der Waals surface area contributed by atoms with Crippen LogP contribution in [0.1, 0.15) is 35.8 Å². The lowest BCUT2D eigenvalue weighted by Crippen LogP contribution is -2.45. The van der Waals surface area contributed by atoms with E-state index < -0.39 is 7.05 Å². The van der Waals surface area contributed by atoms with Gasteiger partial charge in [0.25, 0.3) is 5.91 Å². The van der Waals surface area contributed by atoms with Gasteiger partial charge in [-0.1, -0.05) is 18.2 Å². The molecule has 0 bridgehead atoms. The Balaban J connectivity index is 1.18. The van der Waals surface area contributed by atoms with E-state index in [2.05, 4.69) is 16.2 Å². The second kappa shape index (κ2) is 11.4. The summed E-state index contributed by atoms with van der Waals surface area (Å²) >= 11 is 1.64. The van der Waals surface area contributed by atoms with Gasteiger partial charge in [0.2, 0.25) is 0 Å². The van der Waals surface area contributed by atoms with Gasteiger partial charge in [-0.25, -0.2) is 0 Å². The largest absolute Gasteiger partial charge is 0.490 e. The van der Waals surface area contributed by atoms with Gasteiger partial charge in [0.05, 0.1) is 10.2 Å². The minimum absolute atomic E-state index is 0.126. The lowest BCUT2D eigenvalue weighted by Gasteiger charge is -2.32. The van der Waals surface area contributed by atoms with Crippen LogP contribution in [0.2, 0.25) is 6.82 Å². The number of nitrogens with one attached hydrogen (secondary N) is 1. The highest BCUT2D eigenvalue weighted by molar-refractivity contribution is 7.17. The normalized spacial score (nSPS) is 14.6. The number of aryl methyl sites for hydroxylation is 1. The monoisotopic (exact) mass is 517 g/mol. The van der Waals surface area contributed by atoms with E-state index in [-0.39, 0.29) is 12.0 Å². The zero-order valence-corrected chi connectivity index (χ0v) is 22.0. The van der Waals surface area contributed by atoms with Crippen LogP contribution in [0.4, 0.5) is 5.69 Å². The van der Waals surface area contributed by atoms with E-state index in [1.807, 2.05) is 71.5 Å². The molecule has 0 aliphatic carbocycles. The minimum Gasteiger partial charge on any atom is -0.490 e. The van der Waals surface area contributed by atoms with Gasteiger partial charge in [-0.2, -0.15) is 0 Å². The van der Waals surface area contributed by atoms with Crippen LogP contribution in [0.25, 0.3) is 10.2 Å². The van der Waals surface area contributed by atoms with Gasteiger partial charge in [0.15, 0.2) is 0 Å². The van der Waals surface area contributed by atoms with Crippen LogP contribution >= 0.6 is 11.3 Å². The molecule has 0 spiro atoms. The van der Waals surface area contributed by atoms with E-state index in [1.54, 1.807) is 18.2 Å². The van der Waals surface area contributed by atoms with E-state index in [0.717, 1.165) is 65.4 Å². The molecule has 1 saturated heterocycles. The van der Waals surface area contributed by atoms with Crippen molar-refractivity contribution in [2.24, 2.45) is 0 Å². The summed E-state index contributed by atoms with van der Waals surface area (Å²) < 4.78 is 15.3. The smallest absolute Gasteiger partial charge is 0.376 e. The molecule has 4 aromatic rings. The zero-order valence-electron chi connectivity index (χ0n) is 21.2. The van der Waals surface area contributed by atoms with Gasteiger partial charge in [0, 0.05) is 17.8 Å². The number of hydrogen-bond donors (Lipinski definition) is 2. The molecule has 192 valence electrons. The minimum atomic E-state index is -0.407. The number of para-hydroxylation sites is 1. The molecule has 2 aromatic carbocycles. The molecule has 9 heteroatoms. The molecule has 0 radical (unpaired) electrons. The average Bonchev–Trinajstić information content (AvgIpc) is 3.51. The number of rotatable bonds is 9. The molecule has 0 saturated carbocycles. The Morgan fingerprint density at radius 2 is 1.84 bits per heavy atom. The Labute approximate surface area is 221 Å². The molecule has 37 heavy (non-hydrogen) atoms. The van der Waals surface area contributed by atoms with Crippen LogP contribution in [0, 0.1) is 0 Å². The Kier molecular flexibility index (Phi) is 7.83. The number of fused-ring (bicyclic) bond motifs is 1. The SMILES string of the molecule is CCn1c(C(=O)Nc2ccccc2COc2ccc(OC3CCN(B(C)O)CC3)cc2)cc2sccc21. The van der Waals surface area contributed by atoms with Gasteiger partial charge in [-0.05, 0) is 87.5 Å². The molecule has 2 aromatic heterocycles. The summed E-state index contributed by atoms with van der Waals surface area (Å²) in [6.45, 7) is 6.59. The van der Waals surface area contributed by atoms with Gasteiger partial charge >= 0.3 is 7.05 Å². The highest BCUT2D eigenvalue weighted by atomic mass is 32.1. The van der Waals surface area contributed by atoms with Crippen molar-refractivity contribution in [1.29, 1.82) is 0 Å². The number of anilines is 1. The first-order valence-electron chi connectivity index (χ1n) is 12.8. The van der Waals surface area contributed by atoms with Gasteiger partial charge in [0.1, 0.15) is 29.9 Å². The molecule has 7 nitrogen and oxygen atoms in total. The summed E-state index contributed by atoms with van der Waals surface area (Å²) in [4.78, 5) is 15.2. The number of benzene rings is 2. The number of hydrogen-bond acceptors (Lipinski definition) is 6. The van der Waals surface area contributed by atoms with Crippen molar-refractivity contribution in [2.75, 3.05) is 18.4 Å². The van der Waals surface area contributed by atoms with Crippen LogP contribution in [0.5, 0.6) is 11.5 Å². The zero-order chi connectivity index (χ0) is 25.8. The van der Waals surface area contributed by atoms with Gasteiger partial charge < -0.3 is 29.2 Å². The predicted molar refractivity (Wildman–Crippen MR) is 150 cm³/mol. The Hall–Kier alpha value is -3.27. The van der Waals surface area contributed by atoms with Crippen molar-refractivity contribution >= 4 is 40.2 Å². The van der Waals surface area contributed by atoms with E-state index in [0.29, 0.717) is 12.3 Å². The summed E-state index contributed by atoms with van der Waals surface area (Å²) in [7, 11) is -0.407.